The highest BCUT2D eigenvalue weighted by Crippen LogP contribution is 2.35. The Morgan fingerprint density at radius 3 is 2.23 bits per heavy atom. The lowest BCUT2D eigenvalue weighted by Crippen LogP contribution is -2.43. The summed E-state index contributed by atoms with van der Waals surface area (Å²) in [4.78, 5) is 22.5. The smallest absolute Gasteiger partial charge is 0.443 e. The number of nitrogens with one attached hydrogen (secondary N) is 1. The van der Waals surface area contributed by atoms with Crippen LogP contribution in [-0.2, 0) is 24.3 Å². The summed E-state index contributed by atoms with van der Waals surface area (Å²) < 4.78 is 67.6. The molecule has 0 saturated carbocycles. The van der Waals surface area contributed by atoms with Crippen molar-refractivity contribution in [3.05, 3.63) is 23.3 Å². The van der Waals surface area contributed by atoms with Crippen LogP contribution in [0.5, 0.6) is 0 Å². The van der Waals surface area contributed by atoms with E-state index in [-0.39, 0.29) is 27.7 Å². The summed E-state index contributed by atoms with van der Waals surface area (Å²) >= 11 is 0. The van der Waals surface area contributed by atoms with Crippen LogP contribution in [-0.4, -0.2) is 32.5 Å². The second kappa shape index (κ2) is 7.94. The topological polar surface area (TPSA) is 92.8 Å². The first kappa shape index (κ1) is 21.7. The van der Waals surface area contributed by atoms with Crippen LogP contribution in [0.1, 0.15) is 31.4 Å². The molecule has 26 heavy (non-hydrogen) atoms. The van der Waals surface area contributed by atoms with E-state index in [1.54, 1.807) is 6.92 Å². The summed E-state index contributed by atoms with van der Waals surface area (Å²) in [6.07, 6.45) is -0.135. The number of carbonyl (C=O) groups excluding carboxylic acids is 2. The summed E-state index contributed by atoms with van der Waals surface area (Å²) in [5, 5.41) is 2.41. The Morgan fingerprint density at radius 2 is 1.77 bits per heavy atom. The highest BCUT2D eigenvalue weighted by Gasteiger charge is 2.51. The SMILES string of the molecule is CCC(=O)OCN(c1cc(NC(C)=O)c(C)cc1C)S(=O)(=O)C(F)(F)F. The van der Waals surface area contributed by atoms with E-state index < -0.39 is 34.1 Å². The van der Waals surface area contributed by atoms with E-state index in [2.05, 4.69) is 10.1 Å². The molecule has 1 aromatic rings. The lowest BCUT2D eigenvalue weighted by atomic mass is 10.1. The Kier molecular flexibility index (Phi) is 6.64. The first-order valence-corrected chi connectivity index (χ1v) is 8.88. The number of nitrogens with zero attached hydrogens (tertiary/aromatic N) is 1. The summed E-state index contributed by atoms with van der Waals surface area (Å²) in [7, 11) is -5.83. The lowest BCUT2D eigenvalue weighted by molar-refractivity contribution is -0.142. The van der Waals surface area contributed by atoms with Gasteiger partial charge in [0.05, 0.1) is 5.69 Å². The molecular formula is C15H19F3N2O5S. The number of amides is 1. The highest BCUT2D eigenvalue weighted by atomic mass is 32.2. The fourth-order valence-corrected chi connectivity index (χ4v) is 2.96. The van der Waals surface area contributed by atoms with Gasteiger partial charge in [-0.25, -0.2) is 4.31 Å². The van der Waals surface area contributed by atoms with Crippen molar-refractivity contribution in [3.8, 4) is 0 Å². The van der Waals surface area contributed by atoms with Gasteiger partial charge < -0.3 is 10.1 Å². The quantitative estimate of drug-likeness (QED) is 0.590. The zero-order valence-corrected chi connectivity index (χ0v) is 15.4. The molecule has 0 aromatic heterocycles. The number of hydrogen-bond acceptors (Lipinski definition) is 5. The molecule has 0 radical (unpaired) electrons. The van der Waals surface area contributed by atoms with Gasteiger partial charge >= 0.3 is 21.5 Å². The number of carbonyl (C=O) groups is 2. The molecule has 0 saturated heterocycles. The van der Waals surface area contributed by atoms with Gasteiger partial charge in [-0.05, 0) is 31.0 Å². The van der Waals surface area contributed by atoms with Crippen LogP contribution < -0.4 is 9.62 Å². The number of anilines is 2. The van der Waals surface area contributed by atoms with Gasteiger partial charge in [-0.1, -0.05) is 13.0 Å². The molecule has 0 atom stereocenters. The minimum absolute atomic E-state index is 0.0410. The van der Waals surface area contributed by atoms with Crippen LogP contribution in [0.25, 0.3) is 0 Å². The van der Waals surface area contributed by atoms with Crippen LogP contribution in [0.2, 0.25) is 0 Å². The maximum Gasteiger partial charge on any atom is 0.516 e. The Labute approximate surface area is 149 Å². The van der Waals surface area contributed by atoms with Crippen LogP contribution in [0, 0.1) is 13.8 Å². The maximum absolute atomic E-state index is 13.1. The maximum atomic E-state index is 13.1. The van der Waals surface area contributed by atoms with E-state index in [1.165, 1.54) is 26.8 Å². The molecule has 7 nitrogen and oxygen atoms in total. The second-order valence-electron chi connectivity index (χ2n) is 5.43. The van der Waals surface area contributed by atoms with Gasteiger partial charge in [0, 0.05) is 19.0 Å². The number of sulfonamides is 1. The van der Waals surface area contributed by atoms with E-state index in [0.29, 0.717) is 5.56 Å². The van der Waals surface area contributed by atoms with E-state index in [0.717, 1.165) is 6.07 Å². The first-order valence-electron chi connectivity index (χ1n) is 7.44. The average Bonchev–Trinajstić information content (AvgIpc) is 2.49. The van der Waals surface area contributed by atoms with Crippen molar-refractivity contribution in [2.45, 2.75) is 39.6 Å². The number of halogens is 3. The summed E-state index contributed by atoms with van der Waals surface area (Å²) in [6.45, 7) is 4.48. The van der Waals surface area contributed by atoms with Gasteiger partial charge in [-0.2, -0.15) is 21.6 Å². The van der Waals surface area contributed by atoms with Gasteiger partial charge in [-0.3, -0.25) is 9.59 Å². The van der Waals surface area contributed by atoms with Crippen molar-refractivity contribution in [1.29, 1.82) is 0 Å². The Balaban J connectivity index is 3.51. The number of benzene rings is 1. The number of esters is 1. The van der Waals surface area contributed by atoms with Gasteiger partial charge in [0.15, 0.2) is 6.73 Å². The number of hydrogen-bond donors (Lipinski definition) is 1. The van der Waals surface area contributed by atoms with E-state index in [9.17, 15) is 31.2 Å². The zero-order valence-electron chi connectivity index (χ0n) is 14.6. The fourth-order valence-electron chi connectivity index (χ4n) is 2.06. The van der Waals surface area contributed by atoms with Crippen molar-refractivity contribution in [1.82, 2.24) is 0 Å². The molecule has 0 spiro atoms. The third-order valence-corrected chi connectivity index (χ3v) is 4.80. The lowest BCUT2D eigenvalue weighted by Gasteiger charge is -2.27. The highest BCUT2D eigenvalue weighted by molar-refractivity contribution is 7.93. The standard InChI is InChI=1S/C15H19F3N2O5S/c1-5-14(22)25-8-20(26(23,24)15(16,17)18)13-7-12(19-11(4)21)9(2)6-10(13)3/h6-7H,5,8H2,1-4H3,(H,19,21). The van der Waals surface area contributed by atoms with Crippen molar-refractivity contribution in [2.75, 3.05) is 16.4 Å². The normalized spacial score (nSPS) is 11.8. The van der Waals surface area contributed by atoms with E-state index in [4.69, 9.17) is 0 Å². The molecule has 0 heterocycles. The number of aryl methyl sites for hydroxylation is 2. The number of ether oxygens (including phenoxy) is 1. The van der Waals surface area contributed by atoms with Gasteiger partial charge in [0.2, 0.25) is 5.91 Å². The molecule has 0 fully saturated rings. The Morgan fingerprint density at radius 1 is 1.19 bits per heavy atom. The minimum atomic E-state index is -5.83. The molecule has 1 aromatic carbocycles. The predicted octanol–water partition coefficient (Wildman–Crippen LogP) is 2.83. The van der Waals surface area contributed by atoms with E-state index in [1.807, 2.05) is 0 Å². The zero-order chi connectivity index (χ0) is 20.3. The molecule has 11 heteroatoms. The van der Waals surface area contributed by atoms with Gasteiger partial charge in [0.1, 0.15) is 0 Å². The minimum Gasteiger partial charge on any atom is -0.443 e. The summed E-state index contributed by atoms with van der Waals surface area (Å²) in [5.74, 6) is -1.34. The van der Waals surface area contributed by atoms with Gasteiger partial charge in [-0.15, -0.1) is 0 Å². The molecule has 0 aliphatic rings. The molecule has 0 aliphatic heterocycles. The third-order valence-electron chi connectivity index (χ3n) is 3.34. The molecule has 146 valence electrons. The number of alkyl halides is 3. The van der Waals surface area contributed by atoms with Crippen LogP contribution in [0.15, 0.2) is 12.1 Å². The Hall–Kier alpha value is -2.30. The summed E-state index contributed by atoms with van der Waals surface area (Å²) in [5.41, 5.74) is -5.10. The van der Waals surface area contributed by atoms with Crippen LogP contribution >= 0.6 is 0 Å². The molecule has 1 rings (SSSR count). The molecule has 0 unspecified atom stereocenters. The monoisotopic (exact) mass is 396 g/mol. The number of rotatable bonds is 6. The van der Waals surface area contributed by atoms with Gasteiger partial charge in [0.25, 0.3) is 0 Å². The Bertz CT molecular complexity index is 806. The van der Waals surface area contributed by atoms with Crippen molar-refractivity contribution in [3.63, 3.8) is 0 Å². The molecule has 0 aliphatic carbocycles. The third kappa shape index (κ3) is 4.87. The first-order chi connectivity index (χ1) is 11.8. The second-order valence-corrected chi connectivity index (χ2v) is 7.29. The molecule has 1 amide bonds. The largest absolute Gasteiger partial charge is 0.516 e. The fraction of sp³-hybridized carbons (Fsp3) is 0.467. The molecule has 0 bridgehead atoms. The van der Waals surface area contributed by atoms with Crippen LogP contribution in [0.4, 0.5) is 24.5 Å². The average molecular weight is 396 g/mol. The van der Waals surface area contributed by atoms with Crippen molar-refractivity contribution >= 4 is 33.3 Å². The van der Waals surface area contributed by atoms with Crippen LogP contribution in [0.3, 0.4) is 0 Å². The predicted molar refractivity (Wildman–Crippen MR) is 88.9 cm³/mol. The van der Waals surface area contributed by atoms with E-state index >= 15 is 0 Å². The van der Waals surface area contributed by atoms with Crippen molar-refractivity contribution in [2.24, 2.45) is 0 Å². The molecule has 1 N–H and O–H groups in total. The summed E-state index contributed by atoms with van der Waals surface area (Å²) in [6, 6.07) is 2.51. The molecular weight excluding hydrogens is 377 g/mol. The van der Waals surface area contributed by atoms with Crippen molar-refractivity contribution < 1.29 is 35.9 Å².